The molecule has 2 heterocycles. The summed E-state index contributed by atoms with van der Waals surface area (Å²) in [5.74, 6) is -2.01. The van der Waals surface area contributed by atoms with E-state index in [1.54, 1.807) is 26.9 Å². The van der Waals surface area contributed by atoms with Crippen molar-refractivity contribution in [3.8, 4) is 0 Å². The maximum atomic E-state index is 12.5. The topological polar surface area (TPSA) is 125 Å². The predicted molar refractivity (Wildman–Crippen MR) is 94.8 cm³/mol. The van der Waals surface area contributed by atoms with Crippen LogP contribution in [0.2, 0.25) is 0 Å². The van der Waals surface area contributed by atoms with Gasteiger partial charge in [0.2, 0.25) is 11.8 Å². The van der Waals surface area contributed by atoms with Gasteiger partial charge in [0.15, 0.2) is 7.98 Å². The van der Waals surface area contributed by atoms with Crippen molar-refractivity contribution in [1.82, 2.24) is 14.8 Å². The molecule has 5 atom stereocenters. The van der Waals surface area contributed by atoms with Gasteiger partial charge in [0.05, 0.1) is 24.6 Å². The minimum absolute atomic E-state index is 0.0370. The predicted octanol–water partition coefficient (Wildman–Crippen LogP) is -2.30. The fourth-order valence-corrected chi connectivity index (χ4v) is 3.89. The zero-order chi connectivity index (χ0) is 18.9. The van der Waals surface area contributed by atoms with Gasteiger partial charge in [-0.05, 0) is 19.5 Å². The highest BCUT2D eigenvalue weighted by molar-refractivity contribution is 7.32. The van der Waals surface area contributed by atoms with Crippen LogP contribution in [0.15, 0.2) is 11.3 Å². The summed E-state index contributed by atoms with van der Waals surface area (Å²) in [6, 6.07) is -0.273. The summed E-state index contributed by atoms with van der Waals surface area (Å²) in [6.07, 6.45) is -0.796. The Hall–Kier alpha value is -1.48. The number of aliphatic hydroxyl groups excluding tert-OH is 1. The van der Waals surface area contributed by atoms with Gasteiger partial charge in [0.1, 0.15) is 14.7 Å². The summed E-state index contributed by atoms with van der Waals surface area (Å²) in [6.45, 7) is 3.83. The Morgan fingerprint density at radius 3 is 2.72 bits per heavy atom. The Kier molecular flexibility index (Phi) is 6.21. The Morgan fingerprint density at radius 1 is 1.56 bits per heavy atom. The summed E-state index contributed by atoms with van der Waals surface area (Å²) < 4.78 is 5.17. The minimum atomic E-state index is -0.796. The summed E-state index contributed by atoms with van der Waals surface area (Å²) in [4.78, 5) is 41.9. The van der Waals surface area contributed by atoms with Gasteiger partial charge in [-0.15, -0.1) is 0 Å². The summed E-state index contributed by atoms with van der Waals surface area (Å²) in [5, 5.41) is 9.90. The number of primary amides is 1. The van der Waals surface area contributed by atoms with Crippen molar-refractivity contribution in [3.63, 3.8) is 0 Å². The number of nitrogens with zero attached hydrogens (tertiary/aromatic N) is 2. The number of aliphatic hydroxyl groups is 1. The lowest BCUT2D eigenvalue weighted by Crippen LogP contribution is -2.63. The van der Waals surface area contributed by atoms with Gasteiger partial charge in [0, 0.05) is 12.5 Å². The molecular formula is C14H24BN4O5P. The molecular weight excluding hydrogens is 346 g/mol. The number of nitrogens with two attached hydrogens (primary N) is 1. The highest BCUT2D eigenvalue weighted by Gasteiger charge is 2.59. The number of hydrogen-bond acceptors (Lipinski definition) is 7. The van der Waals surface area contributed by atoms with Crippen LogP contribution >= 0.6 is 8.96 Å². The van der Waals surface area contributed by atoms with Crippen molar-refractivity contribution in [2.75, 3.05) is 20.1 Å². The van der Waals surface area contributed by atoms with Crippen LogP contribution in [0.1, 0.15) is 13.8 Å². The van der Waals surface area contributed by atoms with Gasteiger partial charge in [-0.25, -0.2) is 4.79 Å². The van der Waals surface area contributed by atoms with E-state index in [0.29, 0.717) is 6.54 Å². The number of amides is 2. The molecule has 0 spiro atoms. The third-order valence-corrected chi connectivity index (χ3v) is 5.11. The zero-order valence-corrected chi connectivity index (χ0v) is 15.8. The molecule has 0 saturated carbocycles. The van der Waals surface area contributed by atoms with Crippen molar-refractivity contribution in [1.29, 1.82) is 0 Å². The fraction of sp³-hybridized carbons (Fsp3) is 0.643. The van der Waals surface area contributed by atoms with E-state index in [1.165, 1.54) is 4.90 Å². The number of fused-ring (bicyclic) bond motifs is 1. The number of carbonyl (C=O) groups excluding carboxylic acids is 3. The number of β-lactam (4-membered cyclic amide) rings is 1. The molecule has 2 rings (SSSR count). The molecule has 0 aromatic heterocycles. The smallest absolute Gasteiger partial charge is 0.358 e. The van der Waals surface area contributed by atoms with Gasteiger partial charge >= 0.3 is 5.97 Å². The van der Waals surface area contributed by atoms with Crippen molar-refractivity contribution in [2.24, 2.45) is 17.6 Å². The molecule has 25 heavy (non-hydrogen) atoms. The van der Waals surface area contributed by atoms with Crippen molar-refractivity contribution >= 4 is 34.7 Å². The number of carbonyl (C=O) groups is 3. The van der Waals surface area contributed by atoms with Crippen LogP contribution in [0.4, 0.5) is 0 Å². The molecule has 0 radical (unpaired) electrons. The Morgan fingerprint density at radius 2 is 2.20 bits per heavy atom. The van der Waals surface area contributed by atoms with E-state index in [-0.39, 0.29) is 39.1 Å². The molecule has 1 unspecified atom stereocenters. The van der Waals surface area contributed by atoms with Crippen LogP contribution in [-0.2, 0) is 18.9 Å². The standard InChI is InChI=1S/C14H24BN4O5P/c1-6-8(4-18(3)5-9(16)21)12(14(23)24-25-17-15)19-11(6)10(7(2)20)13(19)22/h6-7,10-11,17,20,25H,4-5,15H2,1-3H3,(H2,16,21)/t6-,7+,10+,11+/m0/s1. The molecule has 0 aliphatic carbocycles. The summed E-state index contributed by atoms with van der Waals surface area (Å²) in [7, 11) is 3.14. The molecule has 138 valence electrons. The molecule has 0 aromatic rings. The number of nitrogens with one attached hydrogen (secondary N) is 1. The first-order valence-corrected chi connectivity index (χ1v) is 8.95. The molecule has 11 heteroatoms. The zero-order valence-electron chi connectivity index (χ0n) is 14.8. The monoisotopic (exact) mass is 370 g/mol. The normalized spacial score (nSPS) is 27.0. The summed E-state index contributed by atoms with van der Waals surface area (Å²) >= 11 is 0. The molecule has 2 aliphatic heterocycles. The molecule has 9 nitrogen and oxygen atoms in total. The van der Waals surface area contributed by atoms with Crippen LogP contribution in [0, 0.1) is 11.8 Å². The van der Waals surface area contributed by atoms with Gasteiger partial charge in [0.25, 0.3) is 0 Å². The largest absolute Gasteiger partial charge is 0.428 e. The second-order valence-corrected chi connectivity index (χ2v) is 7.42. The molecule has 0 aromatic carbocycles. The van der Waals surface area contributed by atoms with Crippen molar-refractivity contribution in [3.05, 3.63) is 11.3 Å². The SMILES string of the molecule is BNPOC(=O)C1=C(CN(C)CC(N)=O)[C@H](C)[C@@H]2[C@@H]([C@@H](C)O)C(=O)N12. The Labute approximate surface area is 149 Å². The van der Waals surface area contributed by atoms with Crippen molar-refractivity contribution in [2.45, 2.75) is 26.0 Å². The second-order valence-electron chi connectivity index (χ2n) is 6.51. The van der Waals surface area contributed by atoms with E-state index in [0.717, 1.165) is 5.57 Å². The Bertz CT molecular complexity index is 614. The maximum absolute atomic E-state index is 12.5. The van der Waals surface area contributed by atoms with Crippen LogP contribution in [0.5, 0.6) is 0 Å². The molecule has 4 N–H and O–H groups in total. The molecule has 2 aliphatic rings. The van der Waals surface area contributed by atoms with Crippen LogP contribution in [0.25, 0.3) is 0 Å². The average Bonchev–Trinajstić information content (AvgIpc) is 2.73. The van der Waals surface area contributed by atoms with Crippen LogP contribution in [0.3, 0.4) is 0 Å². The third-order valence-electron chi connectivity index (χ3n) is 4.62. The van der Waals surface area contributed by atoms with Gasteiger partial charge in [-0.2, -0.15) is 0 Å². The van der Waals surface area contributed by atoms with E-state index >= 15 is 0 Å². The lowest BCUT2D eigenvalue weighted by molar-refractivity contribution is -0.162. The highest BCUT2D eigenvalue weighted by atomic mass is 31.1. The average molecular weight is 370 g/mol. The number of likely N-dealkylation sites (N-methyl/N-ethyl adjacent to an activating group) is 1. The highest BCUT2D eigenvalue weighted by Crippen LogP contribution is 2.47. The van der Waals surface area contributed by atoms with Gasteiger partial charge in [-0.3, -0.25) is 14.5 Å². The molecule has 0 bridgehead atoms. The fourth-order valence-electron chi connectivity index (χ4n) is 3.60. The first-order valence-electron chi connectivity index (χ1n) is 8.04. The van der Waals surface area contributed by atoms with E-state index < -0.39 is 23.9 Å². The third kappa shape index (κ3) is 3.72. The molecule has 1 fully saturated rings. The first-order chi connectivity index (χ1) is 11.7. The van der Waals surface area contributed by atoms with E-state index in [1.807, 2.05) is 6.92 Å². The lowest BCUT2D eigenvalue weighted by atomic mass is 9.77. The minimum Gasteiger partial charge on any atom is -0.428 e. The maximum Gasteiger partial charge on any atom is 0.358 e. The van der Waals surface area contributed by atoms with Gasteiger partial charge < -0.3 is 25.3 Å². The molecule has 1 saturated heterocycles. The number of rotatable bonds is 8. The van der Waals surface area contributed by atoms with E-state index in [9.17, 15) is 19.5 Å². The van der Waals surface area contributed by atoms with Crippen molar-refractivity contribution < 1.29 is 24.0 Å². The number of hydrogen-bond donors (Lipinski definition) is 3. The molecule has 2 amide bonds. The van der Waals surface area contributed by atoms with Crippen LogP contribution in [-0.4, -0.2) is 73.0 Å². The van der Waals surface area contributed by atoms with Gasteiger partial charge in [-0.1, -0.05) is 6.92 Å². The Balaban J connectivity index is 2.31. The van der Waals surface area contributed by atoms with E-state index in [2.05, 4.69) is 5.00 Å². The second kappa shape index (κ2) is 7.82. The first kappa shape index (κ1) is 19.8. The van der Waals surface area contributed by atoms with Crippen LogP contribution < -0.4 is 10.7 Å². The van der Waals surface area contributed by atoms with E-state index in [4.69, 9.17) is 10.3 Å². The quantitative estimate of drug-likeness (QED) is 0.249. The summed E-state index contributed by atoms with van der Waals surface area (Å²) in [5.41, 5.74) is 6.16. The lowest BCUT2D eigenvalue weighted by Gasteiger charge is -2.46.